The van der Waals surface area contributed by atoms with Crippen LogP contribution in [0.4, 0.5) is 4.79 Å². The summed E-state index contributed by atoms with van der Waals surface area (Å²) < 4.78 is 18.1. The number of hydrogen-bond acceptors (Lipinski definition) is 4. The molecule has 2 aliphatic rings. The Labute approximate surface area is 261 Å². The summed E-state index contributed by atoms with van der Waals surface area (Å²) in [6.07, 6.45) is 3.32. The second-order valence-corrected chi connectivity index (χ2v) is 12.6. The third-order valence-corrected chi connectivity index (χ3v) is 8.20. The highest BCUT2D eigenvalue weighted by Crippen LogP contribution is 2.42. The SMILES string of the molecule is CC(C)(C)OC(=O)N1CCC(Oc2ccc(C3=C(c4ccccc4)CCc4cc(OCc5ccccc5)ccc43)cc2)CC1. The van der Waals surface area contributed by atoms with E-state index >= 15 is 0 Å². The summed E-state index contributed by atoms with van der Waals surface area (Å²) >= 11 is 0. The fourth-order valence-electron chi connectivity index (χ4n) is 6.03. The van der Waals surface area contributed by atoms with Crippen molar-refractivity contribution in [3.05, 3.63) is 131 Å². The lowest BCUT2D eigenvalue weighted by Gasteiger charge is -2.33. The molecule has 1 fully saturated rings. The van der Waals surface area contributed by atoms with Crippen LogP contribution in [0.5, 0.6) is 11.5 Å². The van der Waals surface area contributed by atoms with Crippen LogP contribution in [-0.2, 0) is 17.8 Å². The molecule has 0 aromatic heterocycles. The van der Waals surface area contributed by atoms with Crippen molar-refractivity contribution in [2.75, 3.05) is 13.1 Å². The van der Waals surface area contributed by atoms with Gasteiger partial charge in [-0.05, 0) is 96.8 Å². The number of fused-ring (bicyclic) bond motifs is 1. The number of carbonyl (C=O) groups is 1. The van der Waals surface area contributed by atoms with Crippen LogP contribution in [0.15, 0.2) is 103 Å². The number of aryl methyl sites for hydroxylation is 1. The standard InChI is InChI=1S/C39H41NO4/c1-39(2,3)44-38(41)40-24-22-33(23-25-40)43-32-17-14-30(15-18-32)37-35(29-12-8-5-9-13-29)20-16-31-26-34(19-21-36(31)37)42-27-28-10-6-4-7-11-28/h4-15,17-19,21,26,33H,16,20,22-25,27H2,1-3H3. The maximum absolute atomic E-state index is 12.4. The van der Waals surface area contributed by atoms with Crippen molar-refractivity contribution >= 4 is 17.2 Å². The minimum Gasteiger partial charge on any atom is -0.490 e. The summed E-state index contributed by atoms with van der Waals surface area (Å²) in [5.41, 5.74) is 8.30. The molecule has 5 heteroatoms. The Balaban J connectivity index is 1.19. The Bertz CT molecular complexity index is 1600. The summed E-state index contributed by atoms with van der Waals surface area (Å²) in [6, 6.07) is 36.0. The Morgan fingerprint density at radius 3 is 2.11 bits per heavy atom. The number of hydrogen-bond donors (Lipinski definition) is 0. The van der Waals surface area contributed by atoms with Crippen molar-refractivity contribution in [3.8, 4) is 11.5 Å². The van der Waals surface area contributed by atoms with Gasteiger partial charge in [0.05, 0.1) is 0 Å². The Morgan fingerprint density at radius 1 is 0.773 bits per heavy atom. The molecule has 4 aromatic carbocycles. The van der Waals surface area contributed by atoms with Crippen molar-refractivity contribution < 1.29 is 19.0 Å². The molecule has 1 saturated heterocycles. The highest BCUT2D eigenvalue weighted by atomic mass is 16.6. The van der Waals surface area contributed by atoms with Crippen molar-refractivity contribution in [2.45, 2.75) is 64.8 Å². The molecule has 1 aliphatic heterocycles. The van der Waals surface area contributed by atoms with E-state index in [1.807, 2.05) is 39.0 Å². The molecule has 0 N–H and O–H groups in total. The number of allylic oxidation sites excluding steroid dienone is 1. The minimum atomic E-state index is -0.487. The first-order valence-electron chi connectivity index (χ1n) is 15.7. The zero-order chi connectivity index (χ0) is 30.5. The lowest BCUT2D eigenvalue weighted by Crippen LogP contribution is -2.44. The number of ether oxygens (including phenoxy) is 3. The summed E-state index contributed by atoms with van der Waals surface area (Å²) in [7, 11) is 0. The molecular formula is C39H41NO4. The van der Waals surface area contributed by atoms with Gasteiger partial charge in [-0.3, -0.25) is 0 Å². The van der Waals surface area contributed by atoms with Gasteiger partial charge in [0, 0.05) is 25.9 Å². The number of rotatable bonds is 7. The minimum absolute atomic E-state index is 0.0725. The molecule has 1 aliphatic carbocycles. The smallest absolute Gasteiger partial charge is 0.410 e. The molecule has 226 valence electrons. The van der Waals surface area contributed by atoms with Gasteiger partial charge < -0.3 is 19.1 Å². The highest BCUT2D eigenvalue weighted by molar-refractivity contribution is 6.00. The second-order valence-electron chi connectivity index (χ2n) is 12.6. The first-order valence-corrected chi connectivity index (χ1v) is 15.7. The first kappa shape index (κ1) is 29.6. The van der Waals surface area contributed by atoms with Crippen LogP contribution in [0, 0.1) is 0 Å². The van der Waals surface area contributed by atoms with E-state index in [0.29, 0.717) is 19.7 Å². The summed E-state index contributed by atoms with van der Waals surface area (Å²) in [4.78, 5) is 14.2. The lowest BCUT2D eigenvalue weighted by atomic mass is 9.79. The van der Waals surface area contributed by atoms with Gasteiger partial charge in [-0.1, -0.05) is 78.9 Å². The third kappa shape index (κ3) is 7.16. The number of carbonyl (C=O) groups excluding carboxylic acids is 1. The average molecular weight is 588 g/mol. The molecule has 0 unspecified atom stereocenters. The Morgan fingerprint density at radius 2 is 1.43 bits per heavy atom. The van der Waals surface area contributed by atoms with Crippen LogP contribution < -0.4 is 9.47 Å². The maximum Gasteiger partial charge on any atom is 0.410 e. The quantitative estimate of drug-likeness (QED) is 0.217. The summed E-state index contributed by atoms with van der Waals surface area (Å²) in [5, 5.41) is 0. The lowest BCUT2D eigenvalue weighted by molar-refractivity contribution is 0.0126. The van der Waals surface area contributed by atoms with E-state index < -0.39 is 5.60 Å². The molecule has 5 nitrogen and oxygen atoms in total. The Hall–Kier alpha value is -4.51. The number of piperidine rings is 1. The van der Waals surface area contributed by atoms with E-state index in [4.69, 9.17) is 14.2 Å². The van der Waals surface area contributed by atoms with Crippen LogP contribution in [0.25, 0.3) is 11.1 Å². The fraction of sp³-hybridized carbons (Fsp3) is 0.308. The predicted octanol–water partition coefficient (Wildman–Crippen LogP) is 8.95. The third-order valence-electron chi connectivity index (χ3n) is 8.20. The topological polar surface area (TPSA) is 48.0 Å². The van der Waals surface area contributed by atoms with Gasteiger partial charge in [0.25, 0.3) is 0 Å². The molecule has 0 saturated carbocycles. The normalized spacial score (nSPS) is 15.5. The van der Waals surface area contributed by atoms with Crippen LogP contribution in [0.1, 0.15) is 67.9 Å². The molecule has 1 amide bonds. The molecule has 1 heterocycles. The number of amides is 1. The van der Waals surface area contributed by atoms with Crippen molar-refractivity contribution in [3.63, 3.8) is 0 Å². The van der Waals surface area contributed by atoms with Crippen LogP contribution in [0.2, 0.25) is 0 Å². The second kappa shape index (κ2) is 13.0. The zero-order valence-electron chi connectivity index (χ0n) is 25.9. The molecule has 0 spiro atoms. The van der Waals surface area contributed by atoms with Gasteiger partial charge in [0.15, 0.2) is 0 Å². The first-order chi connectivity index (χ1) is 21.3. The van der Waals surface area contributed by atoms with Gasteiger partial charge in [0.2, 0.25) is 0 Å². The van der Waals surface area contributed by atoms with Crippen molar-refractivity contribution in [1.82, 2.24) is 4.90 Å². The maximum atomic E-state index is 12.4. The van der Waals surface area contributed by atoms with Crippen LogP contribution in [0.3, 0.4) is 0 Å². The zero-order valence-corrected chi connectivity index (χ0v) is 25.9. The van der Waals surface area contributed by atoms with Gasteiger partial charge in [-0.2, -0.15) is 0 Å². The van der Waals surface area contributed by atoms with E-state index in [-0.39, 0.29) is 12.2 Å². The van der Waals surface area contributed by atoms with Crippen molar-refractivity contribution in [1.29, 1.82) is 0 Å². The number of nitrogens with zero attached hydrogens (tertiary/aromatic N) is 1. The summed E-state index contributed by atoms with van der Waals surface area (Å²) in [6.45, 7) is 7.52. The Kier molecular flexibility index (Phi) is 8.74. The molecule has 44 heavy (non-hydrogen) atoms. The molecule has 0 radical (unpaired) electrons. The molecule has 0 atom stereocenters. The monoisotopic (exact) mass is 587 g/mol. The van der Waals surface area contributed by atoms with Gasteiger partial charge in [-0.15, -0.1) is 0 Å². The molecular weight excluding hydrogens is 546 g/mol. The van der Waals surface area contributed by atoms with E-state index in [2.05, 4.69) is 84.9 Å². The number of benzene rings is 4. The van der Waals surface area contributed by atoms with E-state index in [1.165, 1.54) is 33.4 Å². The van der Waals surface area contributed by atoms with E-state index in [1.54, 1.807) is 4.90 Å². The molecule has 6 rings (SSSR count). The molecule has 4 aromatic rings. The average Bonchev–Trinajstić information content (AvgIpc) is 3.04. The predicted molar refractivity (Wildman–Crippen MR) is 176 cm³/mol. The van der Waals surface area contributed by atoms with Crippen LogP contribution >= 0.6 is 0 Å². The fourth-order valence-corrected chi connectivity index (χ4v) is 6.03. The van der Waals surface area contributed by atoms with Gasteiger partial charge in [0.1, 0.15) is 29.8 Å². The largest absolute Gasteiger partial charge is 0.490 e. The van der Waals surface area contributed by atoms with Gasteiger partial charge >= 0.3 is 6.09 Å². The molecule has 0 bridgehead atoms. The highest BCUT2D eigenvalue weighted by Gasteiger charge is 2.28. The van der Waals surface area contributed by atoms with Crippen molar-refractivity contribution in [2.24, 2.45) is 0 Å². The summed E-state index contributed by atoms with van der Waals surface area (Å²) in [5.74, 6) is 1.75. The van der Waals surface area contributed by atoms with E-state index in [0.717, 1.165) is 42.7 Å². The van der Waals surface area contributed by atoms with Gasteiger partial charge in [-0.25, -0.2) is 4.79 Å². The van der Waals surface area contributed by atoms with Crippen LogP contribution in [-0.4, -0.2) is 35.8 Å². The van der Waals surface area contributed by atoms with E-state index in [9.17, 15) is 4.79 Å². The number of likely N-dealkylation sites (tertiary alicyclic amines) is 1.